The van der Waals surface area contributed by atoms with Gasteiger partial charge in [0.25, 0.3) is 5.91 Å². The number of nitrogens with one attached hydrogen (secondary N) is 2. The van der Waals surface area contributed by atoms with Crippen LogP contribution in [0.3, 0.4) is 0 Å². The number of nitrogens with two attached hydrogens (primary N) is 1. The van der Waals surface area contributed by atoms with Gasteiger partial charge in [0.2, 0.25) is 0 Å². The number of amides is 4. The van der Waals surface area contributed by atoms with Gasteiger partial charge >= 0.3 is 12.1 Å². The molecule has 4 N–H and O–H groups in total. The van der Waals surface area contributed by atoms with E-state index in [-0.39, 0.29) is 25.1 Å². The fourth-order valence-corrected chi connectivity index (χ4v) is 5.16. The van der Waals surface area contributed by atoms with Gasteiger partial charge < -0.3 is 21.1 Å². The Morgan fingerprint density at radius 2 is 1.91 bits per heavy atom. The zero-order chi connectivity index (χ0) is 25.5. The number of ether oxygens (including phenoxy) is 1. The molecule has 4 unspecified atom stereocenters. The summed E-state index contributed by atoms with van der Waals surface area (Å²) in [7, 11) is 0. The summed E-state index contributed by atoms with van der Waals surface area (Å²) in [6.45, 7) is 9.62. The van der Waals surface area contributed by atoms with Crippen LogP contribution in [-0.2, 0) is 9.53 Å². The number of nitrogens with zero attached hydrogens (tertiary/aromatic N) is 2. The predicted molar refractivity (Wildman–Crippen MR) is 136 cm³/mol. The molecule has 2 aliphatic rings. The molecule has 9 nitrogen and oxygen atoms in total. The number of carbonyl (C=O) groups excluding carboxylic acids is 3. The molecule has 3 rings (SSSR count). The molecule has 9 heteroatoms. The Morgan fingerprint density at radius 1 is 1.17 bits per heavy atom. The van der Waals surface area contributed by atoms with Crippen LogP contribution in [-0.4, -0.2) is 66.3 Å². The van der Waals surface area contributed by atoms with Crippen molar-refractivity contribution in [3.8, 4) is 0 Å². The van der Waals surface area contributed by atoms with Gasteiger partial charge in [-0.05, 0) is 61.6 Å². The molecule has 194 valence electrons. The first kappa shape index (κ1) is 26.8. The highest BCUT2D eigenvalue weighted by Gasteiger charge is 2.43. The first-order chi connectivity index (χ1) is 16.7. The first-order valence-electron chi connectivity index (χ1n) is 12.8. The van der Waals surface area contributed by atoms with Gasteiger partial charge in [-0.1, -0.05) is 39.3 Å². The summed E-state index contributed by atoms with van der Waals surface area (Å²) in [6.07, 6.45) is 1.65. The Balaban J connectivity index is 1.80. The topological polar surface area (TPSA) is 117 Å². The van der Waals surface area contributed by atoms with E-state index in [0.717, 1.165) is 24.8 Å². The van der Waals surface area contributed by atoms with Crippen molar-refractivity contribution < 1.29 is 19.1 Å². The van der Waals surface area contributed by atoms with Crippen LogP contribution in [0.25, 0.3) is 0 Å². The summed E-state index contributed by atoms with van der Waals surface area (Å²) >= 11 is 0. The van der Waals surface area contributed by atoms with E-state index >= 15 is 0 Å². The highest BCUT2D eigenvalue weighted by molar-refractivity contribution is 5.95. The molecular formula is C26H41N5O4. The number of anilines is 1. The normalized spacial score (nSPS) is 24.7. The lowest BCUT2D eigenvalue weighted by atomic mass is 9.75. The Hall–Kier alpha value is -2.81. The maximum atomic E-state index is 13.4. The van der Waals surface area contributed by atoms with Gasteiger partial charge in [0.15, 0.2) is 6.17 Å². The summed E-state index contributed by atoms with van der Waals surface area (Å²) in [5, 5.41) is 5.61. The van der Waals surface area contributed by atoms with E-state index in [9.17, 15) is 14.4 Å². The van der Waals surface area contributed by atoms with Gasteiger partial charge in [-0.15, -0.1) is 0 Å². The maximum absolute atomic E-state index is 13.4. The third kappa shape index (κ3) is 6.87. The summed E-state index contributed by atoms with van der Waals surface area (Å²) in [5.41, 5.74) is 7.22. The predicted octanol–water partition coefficient (Wildman–Crippen LogP) is 3.53. The van der Waals surface area contributed by atoms with Crippen LogP contribution < -0.4 is 16.4 Å². The number of urea groups is 1. The van der Waals surface area contributed by atoms with Crippen molar-refractivity contribution in [1.82, 2.24) is 15.1 Å². The minimum atomic E-state index is -1.11. The van der Waals surface area contributed by atoms with E-state index in [1.165, 1.54) is 9.80 Å². The number of aryl methyl sites for hydroxylation is 1. The average Bonchev–Trinajstić information content (AvgIpc) is 2.81. The molecule has 0 radical (unpaired) electrons. The van der Waals surface area contributed by atoms with Crippen molar-refractivity contribution in [2.24, 2.45) is 23.5 Å². The van der Waals surface area contributed by atoms with Gasteiger partial charge in [-0.2, -0.15) is 0 Å². The van der Waals surface area contributed by atoms with Crippen molar-refractivity contribution >= 4 is 23.7 Å². The highest BCUT2D eigenvalue weighted by Crippen LogP contribution is 2.36. The Morgan fingerprint density at radius 3 is 2.60 bits per heavy atom. The van der Waals surface area contributed by atoms with E-state index < -0.39 is 24.2 Å². The smallest absolute Gasteiger partial charge is 0.412 e. The van der Waals surface area contributed by atoms with Crippen molar-refractivity contribution in [3.63, 3.8) is 0 Å². The fraction of sp³-hybridized carbons (Fsp3) is 0.654. The molecule has 1 saturated heterocycles. The summed E-state index contributed by atoms with van der Waals surface area (Å²) in [5.74, 6) is 0.709. The number of benzene rings is 1. The zero-order valence-electron chi connectivity index (χ0n) is 21.5. The molecule has 35 heavy (non-hydrogen) atoms. The zero-order valence-corrected chi connectivity index (χ0v) is 21.5. The van der Waals surface area contributed by atoms with Crippen molar-refractivity contribution in [2.45, 2.75) is 65.6 Å². The maximum Gasteiger partial charge on any atom is 0.412 e. The van der Waals surface area contributed by atoms with E-state index in [0.29, 0.717) is 37.0 Å². The molecule has 1 aromatic carbocycles. The number of carbonyl (C=O) groups is 3. The van der Waals surface area contributed by atoms with Crippen molar-refractivity contribution in [2.75, 3.05) is 31.5 Å². The monoisotopic (exact) mass is 487 g/mol. The minimum absolute atomic E-state index is 0.199. The van der Waals surface area contributed by atoms with Crippen LogP contribution in [0, 0.1) is 24.7 Å². The van der Waals surface area contributed by atoms with E-state index in [1.807, 2.05) is 25.1 Å². The molecule has 1 aliphatic carbocycles. The quantitative estimate of drug-likeness (QED) is 0.567. The first-order valence-corrected chi connectivity index (χ1v) is 12.8. The van der Waals surface area contributed by atoms with Gasteiger partial charge in [-0.3, -0.25) is 14.6 Å². The Bertz CT molecular complexity index is 892. The van der Waals surface area contributed by atoms with Crippen LogP contribution >= 0.6 is 0 Å². The van der Waals surface area contributed by atoms with Gasteiger partial charge in [-0.25, -0.2) is 9.59 Å². The second-order valence-electron chi connectivity index (χ2n) is 10.2. The Kier molecular flexibility index (Phi) is 9.37. The average molecular weight is 488 g/mol. The minimum Gasteiger partial charge on any atom is -0.446 e. The summed E-state index contributed by atoms with van der Waals surface area (Å²) in [6, 6.07) is 7.00. The van der Waals surface area contributed by atoms with E-state index in [2.05, 4.69) is 31.4 Å². The molecular weight excluding hydrogens is 446 g/mol. The van der Waals surface area contributed by atoms with Crippen LogP contribution in [0.5, 0.6) is 0 Å². The van der Waals surface area contributed by atoms with Crippen LogP contribution in [0.4, 0.5) is 15.3 Å². The number of hydrogen-bond donors (Lipinski definition) is 3. The van der Waals surface area contributed by atoms with Crippen molar-refractivity contribution in [1.29, 1.82) is 0 Å². The van der Waals surface area contributed by atoms with E-state index in [4.69, 9.17) is 10.5 Å². The second kappa shape index (κ2) is 12.2. The third-order valence-electron chi connectivity index (χ3n) is 7.04. The lowest BCUT2D eigenvalue weighted by molar-refractivity contribution is -0.133. The molecule has 4 amide bonds. The summed E-state index contributed by atoms with van der Waals surface area (Å²) < 4.78 is 6.05. The molecule has 0 aromatic heterocycles. The van der Waals surface area contributed by atoms with Crippen molar-refractivity contribution in [3.05, 3.63) is 29.8 Å². The molecule has 1 aromatic rings. The van der Waals surface area contributed by atoms with Crippen LogP contribution in [0.1, 0.15) is 52.0 Å². The Labute approximate surface area is 208 Å². The van der Waals surface area contributed by atoms with E-state index in [1.54, 1.807) is 6.07 Å². The summed E-state index contributed by atoms with van der Waals surface area (Å²) in [4.78, 5) is 42.7. The molecule has 2 fully saturated rings. The number of hydrogen-bond acceptors (Lipinski definition) is 5. The van der Waals surface area contributed by atoms with Gasteiger partial charge in [0.05, 0.1) is 0 Å². The molecule has 1 heterocycles. The second-order valence-corrected chi connectivity index (χ2v) is 10.2. The van der Waals surface area contributed by atoms with Gasteiger partial charge in [0.1, 0.15) is 6.10 Å². The third-order valence-corrected chi connectivity index (χ3v) is 7.04. The standard InChI is InChI=1S/C26H41N5O4/c1-17(2)21-10-9-19(4)16-22(21)35-26(34)31-14-6-13-30(24(31)23(32)28-12-11-27)25(33)29-20-8-5-7-18(3)15-20/h5,7-8,15,17,19,21-22,24H,6,9-14,16,27H2,1-4H3,(H,28,32)(H,29,33). The molecule has 1 saturated carbocycles. The molecule has 1 aliphatic heterocycles. The molecule has 4 atom stereocenters. The largest absolute Gasteiger partial charge is 0.446 e. The van der Waals surface area contributed by atoms with Crippen LogP contribution in [0.15, 0.2) is 24.3 Å². The lowest BCUT2D eigenvalue weighted by Gasteiger charge is -2.43. The SMILES string of the molecule is Cc1cccc(NC(=O)N2CCCN(C(=O)OC3CC(C)CCC3C(C)C)C2C(=O)NCCN)c1. The number of rotatable bonds is 6. The lowest BCUT2D eigenvalue weighted by Crippen LogP contribution is -2.64. The molecule has 0 bridgehead atoms. The fourth-order valence-electron chi connectivity index (χ4n) is 5.16. The van der Waals surface area contributed by atoms with Gasteiger partial charge in [0, 0.05) is 31.9 Å². The molecule has 0 spiro atoms. The highest BCUT2D eigenvalue weighted by atomic mass is 16.6. The van der Waals surface area contributed by atoms with Crippen LogP contribution in [0.2, 0.25) is 0 Å².